The second kappa shape index (κ2) is 4.65. The van der Waals surface area contributed by atoms with Crippen LogP contribution in [0.2, 0.25) is 0 Å². The highest BCUT2D eigenvalue weighted by atomic mass is 14.9. The fourth-order valence-corrected chi connectivity index (χ4v) is 2.09. The van der Waals surface area contributed by atoms with Crippen LogP contribution in [-0.2, 0) is 5.41 Å². The minimum Gasteiger partial charge on any atom is -0.395 e. The van der Waals surface area contributed by atoms with Gasteiger partial charge in [-0.2, -0.15) is 0 Å². The molecule has 3 heteroatoms. The molecule has 0 aliphatic carbocycles. The molecule has 0 unspecified atom stereocenters. The van der Waals surface area contributed by atoms with Gasteiger partial charge in [0.1, 0.15) is 6.33 Å². The fraction of sp³-hybridized carbons (Fsp3) is 0.375. The molecule has 0 bridgehead atoms. The molecule has 0 radical (unpaired) electrons. The van der Waals surface area contributed by atoms with E-state index in [1.807, 2.05) is 6.92 Å². The Kier molecular flexibility index (Phi) is 3.31. The van der Waals surface area contributed by atoms with Gasteiger partial charge in [0.25, 0.3) is 0 Å². The second-order valence-electron chi connectivity index (χ2n) is 6.00. The van der Waals surface area contributed by atoms with Crippen LogP contribution in [0.15, 0.2) is 24.5 Å². The number of aryl methyl sites for hydroxylation is 2. The van der Waals surface area contributed by atoms with E-state index in [-0.39, 0.29) is 5.41 Å². The summed E-state index contributed by atoms with van der Waals surface area (Å²) < 4.78 is 0. The molecule has 19 heavy (non-hydrogen) atoms. The SMILES string of the molecule is Cc1cc(C(C)(C)C)ccc1-c1ncnc(C)c1N. The summed E-state index contributed by atoms with van der Waals surface area (Å²) in [6.07, 6.45) is 1.57. The summed E-state index contributed by atoms with van der Waals surface area (Å²) in [6.45, 7) is 10.6. The molecule has 0 aliphatic rings. The molecule has 2 aromatic rings. The van der Waals surface area contributed by atoms with Gasteiger partial charge in [-0.25, -0.2) is 9.97 Å². The lowest BCUT2D eigenvalue weighted by Crippen LogP contribution is -2.11. The van der Waals surface area contributed by atoms with Crippen LogP contribution < -0.4 is 5.73 Å². The maximum atomic E-state index is 6.08. The first kappa shape index (κ1) is 13.5. The average molecular weight is 255 g/mol. The van der Waals surface area contributed by atoms with E-state index in [1.165, 1.54) is 11.1 Å². The molecule has 0 atom stereocenters. The number of rotatable bonds is 1. The van der Waals surface area contributed by atoms with Gasteiger partial charge in [-0.15, -0.1) is 0 Å². The number of hydrogen-bond acceptors (Lipinski definition) is 3. The molecular weight excluding hydrogens is 234 g/mol. The summed E-state index contributed by atoms with van der Waals surface area (Å²) >= 11 is 0. The quantitative estimate of drug-likeness (QED) is 0.846. The van der Waals surface area contributed by atoms with Crippen molar-refractivity contribution in [1.29, 1.82) is 0 Å². The normalized spacial score (nSPS) is 11.6. The number of aromatic nitrogens is 2. The van der Waals surface area contributed by atoms with Crippen LogP contribution in [-0.4, -0.2) is 9.97 Å². The lowest BCUT2D eigenvalue weighted by molar-refractivity contribution is 0.590. The largest absolute Gasteiger partial charge is 0.395 e. The standard InChI is InChI=1S/C16H21N3/c1-10-8-12(16(3,4)5)6-7-13(10)15-14(17)11(2)18-9-19-15/h6-9H,17H2,1-5H3. The van der Waals surface area contributed by atoms with Crippen LogP contribution in [0.1, 0.15) is 37.6 Å². The first-order chi connectivity index (χ1) is 8.80. The number of nitrogen functional groups attached to an aromatic ring is 1. The molecule has 0 saturated heterocycles. The Morgan fingerprint density at radius 2 is 1.74 bits per heavy atom. The predicted molar refractivity (Wildman–Crippen MR) is 80.1 cm³/mol. The Morgan fingerprint density at radius 1 is 1.05 bits per heavy atom. The molecule has 0 saturated carbocycles. The van der Waals surface area contributed by atoms with Gasteiger partial charge in [0, 0.05) is 5.56 Å². The Bertz CT molecular complexity index is 610. The van der Waals surface area contributed by atoms with Gasteiger partial charge >= 0.3 is 0 Å². The van der Waals surface area contributed by atoms with Gasteiger partial charge in [0.05, 0.1) is 17.1 Å². The van der Waals surface area contributed by atoms with Crippen LogP contribution >= 0.6 is 0 Å². The number of anilines is 1. The van der Waals surface area contributed by atoms with Crippen molar-refractivity contribution in [3.63, 3.8) is 0 Å². The van der Waals surface area contributed by atoms with Gasteiger partial charge in [0.15, 0.2) is 0 Å². The Morgan fingerprint density at radius 3 is 2.32 bits per heavy atom. The number of nitrogens with two attached hydrogens (primary N) is 1. The topological polar surface area (TPSA) is 51.8 Å². The zero-order valence-corrected chi connectivity index (χ0v) is 12.3. The zero-order chi connectivity index (χ0) is 14.2. The van der Waals surface area contributed by atoms with Gasteiger partial charge in [-0.05, 0) is 30.4 Å². The highest BCUT2D eigenvalue weighted by molar-refractivity contribution is 5.76. The van der Waals surface area contributed by atoms with Crippen molar-refractivity contribution in [2.75, 3.05) is 5.73 Å². The molecule has 1 heterocycles. The summed E-state index contributed by atoms with van der Waals surface area (Å²) in [5.41, 5.74) is 12.1. The van der Waals surface area contributed by atoms with E-state index < -0.39 is 0 Å². The van der Waals surface area contributed by atoms with E-state index in [9.17, 15) is 0 Å². The van der Waals surface area contributed by atoms with Crippen molar-refractivity contribution >= 4 is 5.69 Å². The second-order valence-corrected chi connectivity index (χ2v) is 6.00. The Hall–Kier alpha value is -1.90. The minimum absolute atomic E-state index is 0.149. The maximum Gasteiger partial charge on any atom is 0.116 e. The van der Waals surface area contributed by atoms with Crippen LogP contribution in [0.5, 0.6) is 0 Å². The molecule has 0 spiro atoms. The maximum absolute atomic E-state index is 6.08. The lowest BCUT2D eigenvalue weighted by atomic mass is 9.85. The molecule has 3 nitrogen and oxygen atoms in total. The van der Waals surface area contributed by atoms with Crippen molar-refractivity contribution < 1.29 is 0 Å². The Balaban J connectivity index is 2.56. The van der Waals surface area contributed by atoms with Crippen molar-refractivity contribution in [2.24, 2.45) is 0 Å². The molecule has 2 rings (SSSR count). The molecular formula is C16H21N3. The molecule has 1 aromatic carbocycles. The highest BCUT2D eigenvalue weighted by Gasteiger charge is 2.16. The summed E-state index contributed by atoms with van der Waals surface area (Å²) in [4.78, 5) is 8.44. The third kappa shape index (κ3) is 2.60. The number of nitrogens with zero attached hydrogens (tertiary/aromatic N) is 2. The third-order valence-corrected chi connectivity index (χ3v) is 3.43. The predicted octanol–water partition coefficient (Wildman–Crippen LogP) is 3.64. The van der Waals surface area contributed by atoms with Gasteiger partial charge in [0.2, 0.25) is 0 Å². The Labute approximate surface area is 114 Å². The first-order valence-electron chi connectivity index (χ1n) is 6.49. The molecule has 2 N–H and O–H groups in total. The summed E-state index contributed by atoms with van der Waals surface area (Å²) in [5.74, 6) is 0. The van der Waals surface area contributed by atoms with Crippen molar-refractivity contribution in [3.8, 4) is 11.3 Å². The van der Waals surface area contributed by atoms with Gasteiger partial charge < -0.3 is 5.73 Å². The van der Waals surface area contributed by atoms with E-state index in [0.29, 0.717) is 5.69 Å². The van der Waals surface area contributed by atoms with E-state index >= 15 is 0 Å². The van der Waals surface area contributed by atoms with Gasteiger partial charge in [-0.1, -0.05) is 39.0 Å². The van der Waals surface area contributed by atoms with Crippen LogP contribution in [0.4, 0.5) is 5.69 Å². The smallest absolute Gasteiger partial charge is 0.116 e. The average Bonchev–Trinajstić information content (AvgIpc) is 2.32. The highest BCUT2D eigenvalue weighted by Crippen LogP contribution is 2.31. The molecule has 0 aliphatic heterocycles. The number of hydrogen-bond donors (Lipinski definition) is 1. The summed E-state index contributed by atoms with van der Waals surface area (Å²) in [5, 5.41) is 0. The van der Waals surface area contributed by atoms with E-state index in [2.05, 4.69) is 55.9 Å². The molecule has 0 fully saturated rings. The molecule has 100 valence electrons. The third-order valence-electron chi connectivity index (χ3n) is 3.43. The monoisotopic (exact) mass is 255 g/mol. The van der Waals surface area contributed by atoms with Crippen LogP contribution in [0.3, 0.4) is 0 Å². The van der Waals surface area contributed by atoms with Crippen molar-refractivity contribution in [3.05, 3.63) is 41.3 Å². The van der Waals surface area contributed by atoms with Gasteiger partial charge in [-0.3, -0.25) is 0 Å². The minimum atomic E-state index is 0.149. The molecule has 0 amide bonds. The van der Waals surface area contributed by atoms with Crippen LogP contribution in [0, 0.1) is 13.8 Å². The molecule has 1 aromatic heterocycles. The number of benzene rings is 1. The van der Waals surface area contributed by atoms with Crippen molar-refractivity contribution in [2.45, 2.75) is 40.0 Å². The lowest BCUT2D eigenvalue weighted by Gasteiger charge is -2.20. The van der Waals surface area contributed by atoms with E-state index in [0.717, 1.165) is 17.0 Å². The zero-order valence-electron chi connectivity index (χ0n) is 12.3. The van der Waals surface area contributed by atoms with E-state index in [1.54, 1.807) is 6.33 Å². The van der Waals surface area contributed by atoms with Crippen molar-refractivity contribution in [1.82, 2.24) is 9.97 Å². The summed E-state index contributed by atoms with van der Waals surface area (Å²) in [6, 6.07) is 6.47. The first-order valence-corrected chi connectivity index (χ1v) is 6.49. The van der Waals surface area contributed by atoms with E-state index in [4.69, 9.17) is 5.73 Å². The fourth-order valence-electron chi connectivity index (χ4n) is 2.09. The van der Waals surface area contributed by atoms with Crippen LogP contribution in [0.25, 0.3) is 11.3 Å². The summed E-state index contributed by atoms with van der Waals surface area (Å²) in [7, 11) is 0.